The molecule has 5 heteroatoms. The summed E-state index contributed by atoms with van der Waals surface area (Å²) in [6.45, 7) is 5.61. The minimum atomic E-state index is 0.296. The molecule has 1 aromatic carbocycles. The molecule has 3 rings (SSSR count). The van der Waals surface area contributed by atoms with Crippen LogP contribution in [-0.4, -0.2) is 20.8 Å². The molecule has 0 radical (unpaired) electrons. The minimum Gasteiger partial charge on any atom is -0.439 e. The number of oxazole rings is 1. The van der Waals surface area contributed by atoms with Crippen LogP contribution >= 0.6 is 0 Å². The number of rotatable bonds is 5. The van der Waals surface area contributed by atoms with Crippen molar-refractivity contribution in [2.24, 2.45) is 0 Å². The van der Waals surface area contributed by atoms with Gasteiger partial charge in [-0.3, -0.25) is 4.68 Å². The molecule has 5 nitrogen and oxygen atoms in total. The summed E-state index contributed by atoms with van der Waals surface area (Å²) in [4.78, 5) is 4.44. The van der Waals surface area contributed by atoms with Crippen LogP contribution in [0.15, 0.2) is 41.1 Å². The van der Waals surface area contributed by atoms with Gasteiger partial charge in [0.05, 0.1) is 19.3 Å². The highest BCUT2D eigenvalue weighted by Gasteiger charge is 2.08. The van der Waals surface area contributed by atoms with Crippen LogP contribution in [-0.2, 0) is 13.1 Å². The Morgan fingerprint density at radius 1 is 1.35 bits per heavy atom. The van der Waals surface area contributed by atoms with Crippen LogP contribution in [0.4, 0.5) is 0 Å². The summed E-state index contributed by atoms with van der Waals surface area (Å²) in [6, 6.07) is 8.10. The Morgan fingerprint density at radius 2 is 2.20 bits per heavy atom. The second-order valence-electron chi connectivity index (χ2n) is 5.10. The number of para-hydroxylation sites is 2. The average Bonchev–Trinajstić information content (AvgIpc) is 3.02. The molecule has 20 heavy (non-hydrogen) atoms. The molecule has 1 atom stereocenters. The summed E-state index contributed by atoms with van der Waals surface area (Å²) in [7, 11) is 0. The molecule has 0 spiro atoms. The number of nitrogens with one attached hydrogen (secondary N) is 1. The second-order valence-corrected chi connectivity index (χ2v) is 5.10. The highest BCUT2D eigenvalue weighted by molar-refractivity contribution is 5.72. The van der Waals surface area contributed by atoms with Gasteiger partial charge in [0.25, 0.3) is 0 Å². The molecule has 104 valence electrons. The molecule has 2 aromatic heterocycles. The summed E-state index contributed by atoms with van der Waals surface area (Å²) in [5.41, 5.74) is 2.91. The summed E-state index contributed by atoms with van der Waals surface area (Å²) < 4.78 is 7.62. The number of fused-ring (bicyclic) bond motifs is 1. The van der Waals surface area contributed by atoms with E-state index in [1.807, 2.05) is 48.3 Å². The van der Waals surface area contributed by atoms with E-state index in [1.165, 1.54) is 5.56 Å². The fourth-order valence-corrected chi connectivity index (χ4v) is 2.17. The van der Waals surface area contributed by atoms with Crippen LogP contribution in [0.3, 0.4) is 0 Å². The summed E-state index contributed by atoms with van der Waals surface area (Å²) in [6.07, 6.45) is 3.91. The lowest BCUT2D eigenvalue weighted by atomic mass is 10.3. The lowest BCUT2D eigenvalue weighted by Gasteiger charge is -2.12. The highest BCUT2D eigenvalue weighted by Crippen LogP contribution is 2.14. The van der Waals surface area contributed by atoms with Gasteiger partial charge in [0.2, 0.25) is 5.89 Å². The smallest absolute Gasteiger partial charge is 0.209 e. The topological polar surface area (TPSA) is 55.9 Å². The predicted octanol–water partition coefficient (Wildman–Crippen LogP) is 2.51. The Morgan fingerprint density at radius 3 is 2.95 bits per heavy atom. The maximum absolute atomic E-state index is 5.68. The molecule has 2 heterocycles. The van der Waals surface area contributed by atoms with Gasteiger partial charge in [-0.25, -0.2) is 4.98 Å². The fourth-order valence-electron chi connectivity index (χ4n) is 2.17. The van der Waals surface area contributed by atoms with Gasteiger partial charge in [-0.05, 0) is 31.5 Å². The van der Waals surface area contributed by atoms with Crippen molar-refractivity contribution in [1.29, 1.82) is 0 Å². The Labute approximate surface area is 117 Å². The van der Waals surface area contributed by atoms with E-state index in [1.54, 1.807) is 0 Å². The van der Waals surface area contributed by atoms with Gasteiger partial charge in [-0.15, -0.1) is 0 Å². The van der Waals surface area contributed by atoms with Gasteiger partial charge in [0.1, 0.15) is 5.52 Å². The molecule has 0 bridgehead atoms. The number of benzene rings is 1. The Balaban J connectivity index is 1.58. The predicted molar refractivity (Wildman–Crippen MR) is 77.3 cm³/mol. The minimum absolute atomic E-state index is 0.296. The van der Waals surface area contributed by atoms with Crippen LogP contribution < -0.4 is 5.32 Å². The van der Waals surface area contributed by atoms with Crippen LogP contribution in [0, 0.1) is 6.92 Å². The Hall–Kier alpha value is -2.14. The molecule has 0 unspecified atom stereocenters. The van der Waals surface area contributed by atoms with Crippen molar-refractivity contribution in [1.82, 2.24) is 20.1 Å². The van der Waals surface area contributed by atoms with E-state index in [4.69, 9.17) is 4.42 Å². The van der Waals surface area contributed by atoms with Crippen LogP contribution in [0.2, 0.25) is 0 Å². The average molecular weight is 270 g/mol. The summed E-state index contributed by atoms with van der Waals surface area (Å²) in [5, 5.41) is 7.68. The Kier molecular flexibility index (Phi) is 3.52. The molecule has 1 N–H and O–H groups in total. The molecular weight excluding hydrogens is 252 g/mol. The lowest BCUT2D eigenvalue weighted by Crippen LogP contribution is -2.30. The number of aryl methyl sites for hydroxylation is 1. The second kappa shape index (κ2) is 5.46. The first kappa shape index (κ1) is 12.9. The van der Waals surface area contributed by atoms with E-state index in [0.717, 1.165) is 23.5 Å². The van der Waals surface area contributed by atoms with Crippen molar-refractivity contribution in [3.63, 3.8) is 0 Å². The molecule has 0 aliphatic heterocycles. The molecule has 0 fully saturated rings. The number of hydrogen-bond acceptors (Lipinski definition) is 4. The SMILES string of the molecule is Cc1cnn(C[C@@H](C)NCc2nc3ccccc3o2)c1. The quantitative estimate of drug-likeness (QED) is 0.774. The van der Waals surface area contributed by atoms with Crippen LogP contribution in [0.25, 0.3) is 11.1 Å². The third-order valence-corrected chi connectivity index (χ3v) is 3.16. The van der Waals surface area contributed by atoms with E-state index in [-0.39, 0.29) is 0 Å². The zero-order chi connectivity index (χ0) is 13.9. The van der Waals surface area contributed by atoms with Gasteiger partial charge in [-0.1, -0.05) is 12.1 Å². The molecular formula is C15H18N4O. The summed E-state index contributed by atoms with van der Waals surface area (Å²) >= 11 is 0. The normalized spacial score (nSPS) is 12.9. The van der Waals surface area contributed by atoms with Crippen LogP contribution in [0.5, 0.6) is 0 Å². The van der Waals surface area contributed by atoms with Gasteiger partial charge in [-0.2, -0.15) is 5.10 Å². The van der Waals surface area contributed by atoms with Crippen molar-refractivity contribution in [3.05, 3.63) is 48.1 Å². The number of nitrogens with zero attached hydrogens (tertiary/aromatic N) is 3. The van der Waals surface area contributed by atoms with Crippen molar-refractivity contribution in [3.8, 4) is 0 Å². The zero-order valence-electron chi connectivity index (χ0n) is 11.7. The third kappa shape index (κ3) is 2.88. The van der Waals surface area contributed by atoms with Crippen molar-refractivity contribution in [2.75, 3.05) is 0 Å². The lowest BCUT2D eigenvalue weighted by molar-refractivity contribution is 0.416. The molecule has 0 saturated carbocycles. The van der Waals surface area contributed by atoms with Crippen molar-refractivity contribution in [2.45, 2.75) is 33.0 Å². The third-order valence-electron chi connectivity index (χ3n) is 3.16. The van der Waals surface area contributed by atoms with E-state index >= 15 is 0 Å². The molecule has 0 aliphatic carbocycles. The molecule has 3 aromatic rings. The number of aromatic nitrogens is 3. The molecule has 0 amide bonds. The molecule has 0 aliphatic rings. The van der Waals surface area contributed by atoms with E-state index in [2.05, 4.69) is 22.3 Å². The maximum Gasteiger partial charge on any atom is 0.209 e. The largest absolute Gasteiger partial charge is 0.439 e. The fraction of sp³-hybridized carbons (Fsp3) is 0.333. The monoisotopic (exact) mass is 270 g/mol. The van der Waals surface area contributed by atoms with E-state index in [9.17, 15) is 0 Å². The van der Waals surface area contributed by atoms with E-state index in [0.29, 0.717) is 12.6 Å². The van der Waals surface area contributed by atoms with Gasteiger partial charge >= 0.3 is 0 Å². The van der Waals surface area contributed by atoms with Crippen molar-refractivity contribution >= 4 is 11.1 Å². The first-order chi connectivity index (χ1) is 9.70. The standard InChI is InChI=1S/C15H18N4O/c1-11-7-17-19(9-11)10-12(2)16-8-15-18-13-5-3-4-6-14(13)20-15/h3-7,9,12,16H,8,10H2,1-2H3/t12-/m1/s1. The maximum atomic E-state index is 5.68. The van der Waals surface area contributed by atoms with Gasteiger partial charge < -0.3 is 9.73 Å². The Bertz CT molecular complexity index is 668. The van der Waals surface area contributed by atoms with Gasteiger partial charge in [0.15, 0.2) is 5.58 Å². The van der Waals surface area contributed by atoms with Gasteiger partial charge in [0, 0.05) is 12.2 Å². The highest BCUT2D eigenvalue weighted by atomic mass is 16.3. The van der Waals surface area contributed by atoms with Crippen LogP contribution in [0.1, 0.15) is 18.4 Å². The molecule has 0 saturated heterocycles. The summed E-state index contributed by atoms with van der Waals surface area (Å²) in [5.74, 6) is 0.717. The zero-order valence-corrected chi connectivity index (χ0v) is 11.7. The number of hydrogen-bond donors (Lipinski definition) is 1. The van der Waals surface area contributed by atoms with Crippen molar-refractivity contribution < 1.29 is 4.42 Å². The first-order valence-electron chi connectivity index (χ1n) is 6.77. The first-order valence-corrected chi connectivity index (χ1v) is 6.77. The van der Waals surface area contributed by atoms with E-state index < -0.39 is 0 Å².